The van der Waals surface area contributed by atoms with E-state index in [4.69, 9.17) is 9.47 Å². The van der Waals surface area contributed by atoms with Crippen molar-refractivity contribution in [3.63, 3.8) is 0 Å². The number of benzene rings is 3. The molecule has 2 heterocycles. The van der Waals surface area contributed by atoms with Gasteiger partial charge < -0.3 is 14.8 Å². The van der Waals surface area contributed by atoms with E-state index in [9.17, 15) is 22.8 Å². The fourth-order valence-electron chi connectivity index (χ4n) is 4.70. The van der Waals surface area contributed by atoms with E-state index in [-0.39, 0.29) is 35.8 Å². The lowest BCUT2D eigenvalue weighted by Gasteiger charge is -2.21. The van der Waals surface area contributed by atoms with E-state index in [1.165, 1.54) is 35.0 Å². The Bertz CT molecular complexity index is 1900. The maximum absolute atomic E-state index is 14.0. The number of halogens is 3. The molecule has 0 spiro atoms. The number of amidine groups is 1. The van der Waals surface area contributed by atoms with Crippen molar-refractivity contribution >= 4 is 40.2 Å². The van der Waals surface area contributed by atoms with E-state index < -0.39 is 24.7 Å². The molecular weight excluding hydrogens is 657 g/mol. The van der Waals surface area contributed by atoms with Gasteiger partial charge in [0.1, 0.15) is 18.2 Å². The van der Waals surface area contributed by atoms with Gasteiger partial charge in [-0.2, -0.15) is 13.8 Å². The fourth-order valence-corrected chi connectivity index (χ4v) is 5.56. The molecule has 1 unspecified atom stereocenters. The van der Waals surface area contributed by atoms with Crippen LogP contribution in [-0.4, -0.2) is 56.5 Å². The number of aryl methyl sites for hydroxylation is 2. The monoisotopic (exact) mass is 692 g/mol. The molecule has 49 heavy (non-hydrogen) atoms. The largest absolute Gasteiger partial charge is 0.433 e. The van der Waals surface area contributed by atoms with Crippen LogP contribution in [0.1, 0.15) is 37.0 Å². The number of urea groups is 1. The fraction of sp³-hybridized carbons (Fsp3) is 0.286. The normalized spacial score (nSPS) is 14.7. The zero-order chi connectivity index (χ0) is 35.3. The number of ether oxygens (including phenoxy) is 2. The van der Waals surface area contributed by atoms with Gasteiger partial charge in [0.15, 0.2) is 11.0 Å². The second-order valence-corrected chi connectivity index (χ2v) is 12.4. The van der Waals surface area contributed by atoms with Gasteiger partial charge in [0, 0.05) is 23.2 Å². The van der Waals surface area contributed by atoms with Crippen LogP contribution in [0.2, 0.25) is 0 Å². The average molecular weight is 693 g/mol. The molecular formula is C35H35F3N6O4S. The predicted octanol–water partition coefficient (Wildman–Crippen LogP) is 8.03. The molecule has 1 atom stereocenters. The minimum atomic E-state index is -3.25. The van der Waals surface area contributed by atoms with Gasteiger partial charge in [-0.25, -0.2) is 18.9 Å². The summed E-state index contributed by atoms with van der Waals surface area (Å²) in [7, 11) is 0. The molecule has 3 amide bonds. The van der Waals surface area contributed by atoms with Gasteiger partial charge in [0.2, 0.25) is 5.91 Å². The van der Waals surface area contributed by atoms with Gasteiger partial charge in [0.25, 0.3) is 0 Å². The highest BCUT2D eigenvalue weighted by molar-refractivity contribution is 8.15. The van der Waals surface area contributed by atoms with Gasteiger partial charge in [-0.05, 0) is 86.0 Å². The third-order valence-corrected chi connectivity index (χ3v) is 8.42. The number of aliphatic imine (C=N–C) groups is 1. The molecule has 1 saturated heterocycles. The lowest BCUT2D eigenvalue weighted by Crippen LogP contribution is -2.31. The lowest BCUT2D eigenvalue weighted by atomic mass is 10.1. The van der Waals surface area contributed by atoms with Crippen LogP contribution in [0.4, 0.5) is 29.3 Å². The van der Waals surface area contributed by atoms with E-state index in [2.05, 4.69) is 27.0 Å². The summed E-state index contributed by atoms with van der Waals surface area (Å²) in [5.74, 6) is 0.304. The quantitative estimate of drug-likeness (QED) is 0.150. The number of thioether (sulfide) groups is 1. The van der Waals surface area contributed by atoms with Crippen molar-refractivity contribution in [2.24, 2.45) is 4.99 Å². The standard InChI is InChI=1S/C35H35F3N6O4S/c1-6-35(37,38)48-27-12-10-26(11-13-27)43-20-39-32(42-43)24-9-14-29(23(5)16-24)40-33(46)41-34-44(31(45)19-49-34)30-15-22(4)7-8-25(30)17-47-18-28(36)21(2)3/h7-16,20,28H,2,6,17-19H2,1,3-5H3,(H,40,46). The molecule has 256 valence electrons. The second kappa shape index (κ2) is 15.1. The molecule has 14 heteroatoms. The Kier molecular flexibility index (Phi) is 10.9. The van der Waals surface area contributed by atoms with Gasteiger partial charge >= 0.3 is 12.1 Å². The van der Waals surface area contributed by atoms with E-state index >= 15 is 0 Å². The lowest BCUT2D eigenvalue weighted by molar-refractivity contribution is -0.177. The Labute approximate surface area is 286 Å². The van der Waals surface area contributed by atoms with Crippen LogP contribution in [0.5, 0.6) is 5.75 Å². The number of aromatic nitrogens is 3. The summed E-state index contributed by atoms with van der Waals surface area (Å²) >= 11 is 1.14. The molecule has 3 aromatic carbocycles. The zero-order valence-electron chi connectivity index (χ0n) is 27.4. The number of rotatable bonds is 12. The Morgan fingerprint density at radius 3 is 2.59 bits per heavy atom. The van der Waals surface area contributed by atoms with Crippen LogP contribution in [0.25, 0.3) is 17.1 Å². The van der Waals surface area contributed by atoms with Gasteiger partial charge in [0.05, 0.1) is 30.3 Å². The smallest absolute Gasteiger partial charge is 0.397 e. The summed E-state index contributed by atoms with van der Waals surface area (Å²) in [5, 5.41) is 7.49. The van der Waals surface area contributed by atoms with Crippen molar-refractivity contribution in [3.8, 4) is 22.8 Å². The molecule has 1 aliphatic heterocycles. The van der Waals surface area contributed by atoms with E-state index in [1.807, 2.05) is 19.9 Å². The van der Waals surface area contributed by atoms with Crippen molar-refractivity contribution in [1.29, 1.82) is 0 Å². The molecule has 4 aromatic rings. The minimum absolute atomic E-state index is 0.0390. The Morgan fingerprint density at radius 2 is 1.90 bits per heavy atom. The summed E-state index contributed by atoms with van der Waals surface area (Å²) < 4.78 is 52.9. The summed E-state index contributed by atoms with van der Waals surface area (Å²) in [6, 6.07) is 16.1. The van der Waals surface area contributed by atoms with Crippen molar-refractivity contribution in [1.82, 2.24) is 14.8 Å². The van der Waals surface area contributed by atoms with Crippen molar-refractivity contribution < 1.29 is 32.2 Å². The number of nitrogens with zero attached hydrogens (tertiary/aromatic N) is 5. The molecule has 0 bridgehead atoms. The Balaban J connectivity index is 1.27. The first-order chi connectivity index (χ1) is 23.3. The van der Waals surface area contributed by atoms with Gasteiger partial charge in [-0.15, -0.1) is 5.10 Å². The highest BCUT2D eigenvalue weighted by Crippen LogP contribution is 2.32. The van der Waals surface area contributed by atoms with E-state index in [0.717, 1.165) is 17.3 Å². The zero-order valence-corrected chi connectivity index (χ0v) is 28.2. The van der Waals surface area contributed by atoms with Crippen molar-refractivity contribution in [2.45, 2.75) is 53.0 Å². The summed E-state index contributed by atoms with van der Waals surface area (Å²) in [6.45, 7) is 10.1. The number of hydrogen-bond acceptors (Lipinski definition) is 7. The Hall–Kier alpha value is -4.95. The molecule has 1 aromatic heterocycles. The van der Waals surface area contributed by atoms with E-state index in [1.54, 1.807) is 49.4 Å². The number of hydrogen-bond donors (Lipinski definition) is 1. The highest BCUT2D eigenvalue weighted by atomic mass is 32.2. The molecule has 0 aliphatic carbocycles. The highest BCUT2D eigenvalue weighted by Gasteiger charge is 2.32. The summed E-state index contributed by atoms with van der Waals surface area (Å²) in [4.78, 5) is 36.1. The Morgan fingerprint density at radius 1 is 1.14 bits per heavy atom. The number of alkyl halides is 3. The van der Waals surface area contributed by atoms with Crippen LogP contribution in [-0.2, 0) is 16.1 Å². The second-order valence-electron chi connectivity index (χ2n) is 11.4. The summed E-state index contributed by atoms with van der Waals surface area (Å²) in [6.07, 6.45) is -3.49. The molecule has 1 fully saturated rings. The van der Waals surface area contributed by atoms with Crippen molar-refractivity contribution in [2.75, 3.05) is 22.6 Å². The van der Waals surface area contributed by atoms with E-state index in [0.29, 0.717) is 45.2 Å². The van der Waals surface area contributed by atoms with Crippen LogP contribution in [0.15, 0.2) is 84.1 Å². The topological polar surface area (TPSA) is 111 Å². The number of nitrogens with one attached hydrogen (secondary N) is 1. The van der Waals surface area contributed by atoms with Crippen LogP contribution in [0, 0.1) is 13.8 Å². The third-order valence-electron chi connectivity index (χ3n) is 7.50. The number of amides is 3. The molecule has 1 N–H and O–H groups in total. The number of anilines is 2. The SMILES string of the molecule is C=C(C)C(F)COCc1ccc(C)cc1N1C(=O)CSC1=NC(=O)Nc1ccc(-c2ncn(-c3ccc(OC(F)(F)CC)cc3)n2)cc1C. The molecule has 5 rings (SSSR count). The minimum Gasteiger partial charge on any atom is -0.433 e. The van der Waals surface area contributed by atoms with Crippen LogP contribution in [0.3, 0.4) is 0 Å². The maximum atomic E-state index is 14.0. The average Bonchev–Trinajstić information content (AvgIpc) is 3.70. The third kappa shape index (κ3) is 8.75. The number of carbonyl (C=O) groups is 2. The summed E-state index contributed by atoms with van der Waals surface area (Å²) in [5.41, 5.74) is 4.91. The molecule has 10 nitrogen and oxygen atoms in total. The number of carbonyl (C=O) groups excluding carboxylic acids is 2. The van der Waals surface area contributed by atoms with Gasteiger partial charge in [-0.3, -0.25) is 9.69 Å². The molecule has 0 saturated carbocycles. The molecule has 1 aliphatic rings. The van der Waals surface area contributed by atoms with Crippen molar-refractivity contribution in [3.05, 3.63) is 95.8 Å². The molecule has 0 radical (unpaired) electrons. The van der Waals surface area contributed by atoms with Gasteiger partial charge in [-0.1, -0.05) is 37.4 Å². The van der Waals surface area contributed by atoms with Crippen LogP contribution >= 0.6 is 11.8 Å². The van der Waals surface area contributed by atoms with Crippen LogP contribution < -0.4 is 15.0 Å². The first kappa shape index (κ1) is 35.4. The first-order valence-corrected chi connectivity index (χ1v) is 16.3. The maximum Gasteiger partial charge on any atom is 0.397 e. The predicted molar refractivity (Wildman–Crippen MR) is 184 cm³/mol. The first-order valence-electron chi connectivity index (χ1n) is 15.4.